The molecule has 0 spiro atoms. The maximum absolute atomic E-state index is 13.0. The number of ether oxygens (including phenoxy) is 1. The van der Waals surface area contributed by atoms with Gasteiger partial charge in [-0.3, -0.25) is 24.0 Å². The molecule has 0 heterocycles. The van der Waals surface area contributed by atoms with Crippen LogP contribution in [0.2, 0.25) is 20.1 Å². The summed E-state index contributed by atoms with van der Waals surface area (Å²) in [5.41, 5.74) is 7.48. The van der Waals surface area contributed by atoms with Crippen LogP contribution < -0.4 is 21.7 Å². The molecule has 4 aromatic carbocycles. The lowest BCUT2D eigenvalue weighted by Crippen LogP contribution is -2.52. The number of carbonyl (C=O) groups is 6. The third kappa shape index (κ3) is 20.3. The summed E-state index contributed by atoms with van der Waals surface area (Å²) in [5.74, 6) is -3.24. The van der Waals surface area contributed by atoms with Crippen LogP contribution in [-0.2, 0) is 56.4 Å². The molecule has 0 bridgehead atoms. The molecule has 426 valence electrons. The summed E-state index contributed by atoms with van der Waals surface area (Å²) in [5, 5.41) is 28.1. The smallest absolute Gasteiger partial charge is 0.326 e. The molecule has 0 saturated heterocycles. The Morgan fingerprint density at radius 3 is 1.45 bits per heavy atom. The van der Waals surface area contributed by atoms with E-state index in [2.05, 4.69) is 20.7 Å². The Morgan fingerprint density at radius 1 is 0.654 bits per heavy atom. The number of carboxylic acids is 2. The monoisotopic (exact) mass is 1210 g/mol. The van der Waals surface area contributed by atoms with Crippen molar-refractivity contribution in [3.05, 3.63) is 127 Å². The number of esters is 1. The normalized spacial score (nSPS) is 14.9. The fraction of sp³-hybridized carbons (Fsp3) is 0.444. The number of sulfone groups is 2. The molecular formula is C54H66Cl4N4O13S3. The second kappa shape index (κ2) is 30.6. The minimum atomic E-state index is -3.06. The van der Waals surface area contributed by atoms with E-state index in [0.29, 0.717) is 74.7 Å². The van der Waals surface area contributed by atoms with E-state index in [0.717, 1.165) is 31.2 Å². The van der Waals surface area contributed by atoms with Crippen LogP contribution in [0.3, 0.4) is 0 Å². The maximum Gasteiger partial charge on any atom is 0.326 e. The average Bonchev–Trinajstić information content (AvgIpc) is 3.33. The number of carboxylic acid groups (broad SMARTS) is 2. The van der Waals surface area contributed by atoms with Crippen molar-refractivity contribution >= 4 is 125 Å². The largest absolute Gasteiger partial charge is 0.481 e. The van der Waals surface area contributed by atoms with Gasteiger partial charge in [0.05, 0.1) is 54.6 Å². The lowest BCUT2D eigenvalue weighted by atomic mass is 9.65. The molecule has 17 nitrogen and oxygen atoms in total. The number of halogens is 4. The Kier molecular flexibility index (Phi) is 25.7. The van der Waals surface area contributed by atoms with Crippen LogP contribution in [0, 0.1) is 10.8 Å². The van der Waals surface area contributed by atoms with E-state index in [4.69, 9.17) is 57.2 Å². The fourth-order valence-corrected chi connectivity index (χ4v) is 13.1. The molecule has 2 fully saturated rings. The van der Waals surface area contributed by atoms with Gasteiger partial charge in [0.2, 0.25) is 5.91 Å². The van der Waals surface area contributed by atoms with Crippen LogP contribution in [0.1, 0.15) is 109 Å². The molecule has 0 aromatic heterocycles. The lowest BCUT2D eigenvalue weighted by Gasteiger charge is -2.41. The number of amides is 3. The van der Waals surface area contributed by atoms with Gasteiger partial charge in [-0.1, -0.05) is 108 Å². The van der Waals surface area contributed by atoms with Gasteiger partial charge in [0.25, 0.3) is 11.8 Å². The molecule has 0 aliphatic heterocycles. The fourth-order valence-electron chi connectivity index (χ4n) is 8.72. The van der Waals surface area contributed by atoms with Gasteiger partial charge in [-0.15, -0.1) is 11.8 Å². The molecule has 24 heteroatoms. The molecule has 7 N–H and O–H groups in total. The van der Waals surface area contributed by atoms with E-state index in [1.165, 1.54) is 25.1 Å². The quantitative estimate of drug-likeness (QED) is 0.0266. The van der Waals surface area contributed by atoms with Crippen LogP contribution in [0.15, 0.2) is 84.9 Å². The first kappa shape index (κ1) is 65.6. The molecular weight excluding hydrogens is 1150 g/mol. The summed E-state index contributed by atoms with van der Waals surface area (Å²) in [6, 6.07) is 21.4. The first-order valence-corrected chi connectivity index (χ1v) is 31.7. The molecule has 2 atom stereocenters. The van der Waals surface area contributed by atoms with Gasteiger partial charge in [-0.25, -0.2) is 21.6 Å². The zero-order chi connectivity index (χ0) is 57.8. The van der Waals surface area contributed by atoms with E-state index < -0.39 is 72.3 Å². The van der Waals surface area contributed by atoms with Crippen LogP contribution in [0.25, 0.3) is 0 Å². The number of hydrogen-bond donors (Lipinski definition) is 6. The number of carbonyl (C=O) groups excluding carboxylic acids is 4. The number of aliphatic carboxylic acids is 2. The molecule has 0 radical (unpaired) electrons. The number of anilines is 2. The van der Waals surface area contributed by atoms with Crippen molar-refractivity contribution < 1.29 is 60.6 Å². The van der Waals surface area contributed by atoms with E-state index in [9.17, 15) is 50.7 Å². The van der Waals surface area contributed by atoms with E-state index in [1.54, 1.807) is 91.2 Å². The number of nitrogens with one attached hydrogen (secondary N) is 3. The highest BCUT2D eigenvalue weighted by Crippen LogP contribution is 2.46. The predicted octanol–water partition coefficient (Wildman–Crippen LogP) is 10.2. The highest BCUT2D eigenvalue weighted by atomic mass is 35.5. The number of methoxy groups -OCH3 is 1. The summed E-state index contributed by atoms with van der Waals surface area (Å²) >= 11 is 25.5. The zero-order valence-corrected chi connectivity index (χ0v) is 48.9. The first-order chi connectivity index (χ1) is 36.7. The number of benzene rings is 4. The average molecular weight is 1220 g/mol. The molecule has 2 unspecified atom stereocenters. The second-order valence-corrected chi connectivity index (χ2v) is 26.7. The van der Waals surface area contributed by atoms with Crippen molar-refractivity contribution in [3.8, 4) is 0 Å². The highest BCUT2D eigenvalue weighted by Gasteiger charge is 2.45. The van der Waals surface area contributed by atoms with Gasteiger partial charge in [0, 0.05) is 35.2 Å². The van der Waals surface area contributed by atoms with Crippen LogP contribution in [-0.4, -0.2) is 111 Å². The number of rotatable bonds is 25. The Labute approximate surface area is 480 Å². The molecule has 2 aliphatic rings. The Balaban J connectivity index is 0.000000274. The summed E-state index contributed by atoms with van der Waals surface area (Å²) in [7, 11) is -4.71. The minimum absolute atomic E-state index is 0.0653. The third-order valence-corrected chi connectivity index (χ3v) is 19.0. The summed E-state index contributed by atoms with van der Waals surface area (Å²) in [4.78, 5) is 72.2. The standard InChI is InChI=1S/C26H30Cl2N2O6S.C17H16Cl2N2O3.C11H20O4S2/c1-37(35,36)15-3-2-12-26(13-5-14-26)25(34)30-21(24(32)33)16-17-8-10-18(11-9-17)29-23(31)22-19(27)6-4-7-20(22)28;1-24-17(23)14(20)9-10-5-7-11(8-6-10)21-16(22)15-12(18)3-2-4-13(15)19;1-16-9-17(14,15)8-3-2-5-11(10(12)13)6-4-7-11/h4,6-11,21H,2-3,5,12-16H2,1H3,(H,29,31)(H,30,34)(H,32,33);2-8,14H,9,20H2,1H3,(H,21,22);2-9H2,1H3,(H,12,13). The van der Waals surface area contributed by atoms with Gasteiger partial charge in [0.1, 0.15) is 21.9 Å². The number of hydrogen-bond acceptors (Lipinski definition) is 13. The summed E-state index contributed by atoms with van der Waals surface area (Å²) < 4.78 is 50.2. The zero-order valence-electron chi connectivity index (χ0n) is 43.5. The van der Waals surface area contributed by atoms with Crippen LogP contribution in [0.5, 0.6) is 0 Å². The van der Waals surface area contributed by atoms with Crippen LogP contribution >= 0.6 is 58.2 Å². The van der Waals surface area contributed by atoms with Crippen molar-refractivity contribution in [2.75, 3.05) is 46.8 Å². The molecule has 78 heavy (non-hydrogen) atoms. The second-order valence-electron chi connectivity index (χ2n) is 19.4. The molecule has 3 amide bonds. The molecule has 2 aliphatic carbocycles. The van der Waals surface area contributed by atoms with Crippen molar-refractivity contribution in [3.63, 3.8) is 0 Å². The Hall–Kier alpha value is -4.93. The van der Waals surface area contributed by atoms with Crippen LogP contribution in [0.4, 0.5) is 11.4 Å². The SMILES string of the molecule is COC(=O)C(N)Cc1ccc(NC(=O)c2c(Cl)cccc2Cl)cc1.CS(=O)(=O)CCCCC1(C(=O)NC(Cc2ccc(NC(=O)c3c(Cl)cccc3Cl)cc2)C(=O)O)CCC1.CSCS(=O)(=O)CCCCC1(C(=O)O)CCC1. The highest BCUT2D eigenvalue weighted by molar-refractivity contribution is 8.12. The van der Waals surface area contributed by atoms with Gasteiger partial charge in [-0.2, -0.15) is 0 Å². The molecule has 6 rings (SSSR count). The Bertz CT molecular complexity index is 2920. The number of nitrogens with two attached hydrogens (primary N) is 1. The Morgan fingerprint density at radius 2 is 1.08 bits per heavy atom. The first-order valence-electron chi connectivity index (χ1n) is 24.9. The van der Waals surface area contributed by atoms with Crippen molar-refractivity contribution in [2.24, 2.45) is 16.6 Å². The van der Waals surface area contributed by atoms with Gasteiger partial charge < -0.3 is 36.6 Å². The minimum Gasteiger partial charge on any atom is -0.481 e. The van der Waals surface area contributed by atoms with E-state index >= 15 is 0 Å². The van der Waals surface area contributed by atoms with Crippen molar-refractivity contribution in [1.82, 2.24) is 5.32 Å². The summed E-state index contributed by atoms with van der Waals surface area (Å²) in [6.07, 6.45) is 11.5. The third-order valence-electron chi connectivity index (χ3n) is 13.4. The van der Waals surface area contributed by atoms with Crippen molar-refractivity contribution in [1.29, 1.82) is 0 Å². The molecule has 2 saturated carbocycles. The van der Waals surface area contributed by atoms with E-state index in [-0.39, 0.29) is 60.1 Å². The molecule has 4 aromatic rings. The van der Waals surface area contributed by atoms with Gasteiger partial charge >= 0.3 is 17.9 Å². The maximum atomic E-state index is 13.0. The number of unbranched alkanes of at least 4 members (excludes halogenated alkanes) is 2. The van der Waals surface area contributed by atoms with Crippen molar-refractivity contribution in [2.45, 2.75) is 102 Å². The summed E-state index contributed by atoms with van der Waals surface area (Å²) in [6.45, 7) is 0. The topological polar surface area (TPSA) is 282 Å². The number of thioether (sulfide) groups is 1. The predicted molar refractivity (Wildman–Crippen MR) is 308 cm³/mol. The van der Waals surface area contributed by atoms with Gasteiger partial charge in [-0.05, 0) is 124 Å². The lowest BCUT2D eigenvalue weighted by molar-refractivity contribution is -0.155. The van der Waals surface area contributed by atoms with Gasteiger partial charge in [0.15, 0.2) is 9.84 Å². The van der Waals surface area contributed by atoms with E-state index in [1.807, 2.05) is 0 Å².